The molecule has 3 rings (SSSR count). The van der Waals surface area contributed by atoms with Crippen molar-refractivity contribution in [1.82, 2.24) is 0 Å². The summed E-state index contributed by atoms with van der Waals surface area (Å²) in [5.41, 5.74) is 0.339. The fourth-order valence-electron chi connectivity index (χ4n) is 2.24. The average Bonchev–Trinajstić information content (AvgIpc) is 2.65. The number of fused-ring (bicyclic) bond motifs is 1. The fourth-order valence-corrected chi connectivity index (χ4v) is 2.24. The van der Waals surface area contributed by atoms with E-state index in [2.05, 4.69) is 0 Å². The van der Waals surface area contributed by atoms with E-state index in [-0.39, 0.29) is 16.8 Å². The molecule has 0 unspecified atom stereocenters. The number of rotatable bonds is 5. The van der Waals surface area contributed by atoms with Crippen LogP contribution >= 0.6 is 0 Å². The Morgan fingerprint density at radius 3 is 2.32 bits per heavy atom. The summed E-state index contributed by atoms with van der Waals surface area (Å²) in [6.07, 6.45) is 0. The Morgan fingerprint density at radius 2 is 1.64 bits per heavy atom. The van der Waals surface area contributed by atoms with Crippen LogP contribution in [0.15, 0.2) is 42.5 Å². The normalized spacial score (nSPS) is 12.3. The predicted molar refractivity (Wildman–Crippen MR) is 85.1 cm³/mol. The van der Waals surface area contributed by atoms with Crippen LogP contribution < -0.4 is 9.47 Å². The van der Waals surface area contributed by atoms with Gasteiger partial charge in [0, 0.05) is 17.7 Å². The summed E-state index contributed by atoms with van der Waals surface area (Å²) in [5.74, 6) is -0.139. The van der Waals surface area contributed by atoms with E-state index in [0.717, 1.165) is 0 Å². The molecule has 1 aliphatic heterocycles. The summed E-state index contributed by atoms with van der Waals surface area (Å²) in [5, 5.41) is 10.6. The van der Waals surface area contributed by atoms with E-state index >= 15 is 0 Å². The number of nitro benzene ring substituents is 1. The van der Waals surface area contributed by atoms with Gasteiger partial charge in [-0.25, -0.2) is 4.79 Å². The van der Waals surface area contributed by atoms with Crippen molar-refractivity contribution in [2.24, 2.45) is 0 Å². The molecule has 0 aromatic heterocycles. The highest BCUT2D eigenvalue weighted by molar-refractivity contribution is 5.99. The highest BCUT2D eigenvalue weighted by Gasteiger charge is 2.17. The van der Waals surface area contributed by atoms with Crippen molar-refractivity contribution in [2.45, 2.75) is 0 Å². The fraction of sp³-hybridized carbons (Fsp3) is 0.176. The molecule has 25 heavy (non-hydrogen) atoms. The van der Waals surface area contributed by atoms with Gasteiger partial charge < -0.3 is 14.2 Å². The van der Waals surface area contributed by atoms with Crippen LogP contribution in [0.3, 0.4) is 0 Å². The zero-order valence-corrected chi connectivity index (χ0v) is 13.0. The number of nitrogens with zero attached hydrogens (tertiary/aromatic N) is 1. The van der Waals surface area contributed by atoms with Gasteiger partial charge in [-0.2, -0.15) is 0 Å². The molecule has 8 nitrogen and oxygen atoms in total. The van der Waals surface area contributed by atoms with Gasteiger partial charge in [-0.1, -0.05) is 0 Å². The Kier molecular flexibility index (Phi) is 4.60. The minimum Gasteiger partial charge on any atom is -0.486 e. The molecule has 2 aromatic carbocycles. The lowest BCUT2D eigenvalue weighted by Crippen LogP contribution is -2.17. The third kappa shape index (κ3) is 3.74. The van der Waals surface area contributed by atoms with Gasteiger partial charge in [0.2, 0.25) is 0 Å². The number of Topliss-reactive ketones (excluding diaryl/α,β-unsaturated/α-hetero) is 1. The SMILES string of the molecule is O=C(COC(=O)c1ccc2c(c1)OCCO2)c1ccc([N+](=O)[O-])cc1. The molecule has 1 aliphatic rings. The van der Waals surface area contributed by atoms with Gasteiger partial charge in [-0.3, -0.25) is 14.9 Å². The Hall–Kier alpha value is -3.42. The summed E-state index contributed by atoms with van der Waals surface area (Å²) in [6.45, 7) is 0.371. The van der Waals surface area contributed by atoms with Crippen molar-refractivity contribution in [1.29, 1.82) is 0 Å². The number of non-ortho nitro benzene ring substituents is 1. The van der Waals surface area contributed by atoms with Crippen LogP contribution in [0.2, 0.25) is 0 Å². The second-order valence-electron chi connectivity index (χ2n) is 5.16. The molecule has 128 valence electrons. The topological polar surface area (TPSA) is 105 Å². The van der Waals surface area contributed by atoms with Crippen LogP contribution in [0.25, 0.3) is 0 Å². The molecule has 0 radical (unpaired) electrons. The highest BCUT2D eigenvalue weighted by Crippen LogP contribution is 2.30. The van der Waals surface area contributed by atoms with E-state index in [4.69, 9.17) is 14.2 Å². The second-order valence-corrected chi connectivity index (χ2v) is 5.16. The van der Waals surface area contributed by atoms with Crippen LogP contribution in [0.5, 0.6) is 11.5 Å². The van der Waals surface area contributed by atoms with Gasteiger partial charge in [0.1, 0.15) is 13.2 Å². The molecule has 0 spiro atoms. The molecule has 8 heteroatoms. The molecule has 0 amide bonds. The van der Waals surface area contributed by atoms with Gasteiger partial charge >= 0.3 is 5.97 Å². The molecule has 0 bridgehead atoms. The van der Waals surface area contributed by atoms with E-state index in [1.54, 1.807) is 6.07 Å². The number of hydrogen-bond donors (Lipinski definition) is 0. The van der Waals surface area contributed by atoms with Gasteiger partial charge in [0.05, 0.1) is 10.5 Å². The van der Waals surface area contributed by atoms with Crippen molar-refractivity contribution in [2.75, 3.05) is 19.8 Å². The first-order chi connectivity index (χ1) is 12.0. The van der Waals surface area contributed by atoms with E-state index in [0.29, 0.717) is 24.7 Å². The lowest BCUT2D eigenvalue weighted by Gasteiger charge is -2.18. The summed E-state index contributed by atoms with van der Waals surface area (Å²) in [6, 6.07) is 9.69. The predicted octanol–water partition coefficient (Wildman–Crippen LogP) is 2.41. The molecule has 2 aromatic rings. The first kappa shape index (κ1) is 16.4. The second kappa shape index (κ2) is 7.00. The third-order valence-electron chi connectivity index (χ3n) is 3.51. The quantitative estimate of drug-likeness (QED) is 0.355. The Morgan fingerprint density at radius 1 is 1.00 bits per heavy atom. The minimum absolute atomic E-state index is 0.121. The number of ketones is 1. The van der Waals surface area contributed by atoms with Crippen LogP contribution in [0.1, 0.15) is 20.7 Å². The van der Waals surface area contributed by atoms with Crippen LogP contribution in [-0.4, -0.2) is 36.5 Å². The molecular formula is C17H13NO7. The molecular weight excluding hydrogens is 330 g/mol. The van der Waals surface area contributed by atoms with E-state index in [1.807, 2.05) is 0 Å². The number of carbonyl (C=O) groups excluding carboxylic acids is 2. The molecule has 0 atom stereocenters. The lowest BCUT2D eigenvalue weighted by atomic mass is 10.1. The zero-order valence-electron chi connectivity index (χ0n) is 13.0. The Balaban J connectivity index is 1.61. The van der Waals surface area contributed by atoms with E-state index < -0.39 is 23.3 Å². The lowest BCUT2D eigenvalue weighted by molar-refractivity contribution is -0.384. The smallest absolute Gasteiger partial charge is 0.338 e. The summed E-state index contributed by atoms with van der Waals surface area (Å²) in [7, 11) is 0. The number of benzene rings is 2. The summed E-state index contributed by atoms with van der Waals surface area (Å²) < 4.78 is 15.7. The third-order valence-corrected chi connectivity index (χ3v) is 3.51. The van der Waals surface area contributed by atoms with Crippen molar-refractivity contribution < 1.29 is 28.7 Å². The Labute approximate surface area is 142 Å². The van der Waals surface area contributed by atoms with Gasteiger partial charge in [-0.15, -0.1) is 0 Å². The largest absolute Gasteiger partial charge is 0.486 e. The van der Waals surface area contributed by atoms with E-state index in [1.165, 1.54) is 36.4 Å². The summed E-state index contributed by atoms with van der Waals surface area (Å²) in [4.78, 5) is 34.1. The van der Waals surface area contributed by atoms with Crippen molar-refractivity contribution in [3.63, 3.8) is 0 Å². The maximum Gasteiger partial charge on any atom is 0.338 e. The first-order valence-corrected chi connectivity index (χ1v) is 7.39. The molecule has 0 saturated carbocycles. The van der Waals surface area contributed by atoms with E-state index in [9.17, 15) is 19.7 Å². The maximum atomic E-state index is 12.0. The van der Waals surface area contributed by atoms with Crippen molar-refractivity contribution in [3.05, 3.63) is 63.7 Å². The van der Waals surface area contributed by atoms with Gasteiger partial charge in [-0.05, 0) is 30.3 Å². The molecule has 0 saturated heterocycles. The number of esters is 1. The standard InChI is InChI=1S/C17H13NO7/c19-14(11-1-4-13(5-2-11)18(21)22)10-25-17(20)12-3-6-15-16(9-12)24-8-7-23-15/h1-6,9H,7-8,10H2. The van der Waals surface area contributed by atoms with Crippen LogP contribution in [-0.2, 0) is 4.74 Å². The average molecular weight is 343 g/mol. The number of carbonyl (C=O) groups is 2. The minimum atomic E-state index is -0.674. The highest BCUT2D eigenvalue weighted by atomic mass is 16.6. The molecule has 0 N–H and O–H groups in total. The van der Waals surface area contributed by atoms with Crippen LogP contribution in [0, 0.1) is 10.1 Å². The molecule has 1 heterocycles. The van der Waals surface area contributed by atoms with Gasteiger partial charge in [0.25, 0.3) is 5.69 Å². The number of hydrogen-bond acceptors (Lipinski definition) is 7. The van der Waals surface area contributed by atoms with Gasteiger partial charge in [0.15, 0.2) is 23.9 Å². The zero-order chi connectivity index (χ0) is 17.8. The van der Waals surface area contributed by atoms with Crippen molar-refractivity contribution in [3.8, 4) is 11.5 Å². The first-order valence-electron chi connectivity index (χ1n) is 7.39. The van der Waals surface area contributed by atoms with Crippen molar-refractivity contribution >= 4 is 17.4 Å². The monoisotopic (exact) mass is 343 g/mol. The summed E-state index contributed by atoms with van der Waals surface area (Å²) >= 11 is 0. The number of nitro groups is 1. The maximum absolute atomic E-state index is 12.0. The van der Waals surface area contributed by atoms with Crippen LogP contribution in [0.4, 0.5) is 5.69 Å². The number of ether oxygens (including phenoxy) is 3. The molecule has 0 fully saturated rings. The molecule has 0 aliphatic carbocycles. The Bertz CT molecular complexity index is 829.